The van der Waals surface area contributed by atoms with E-state index in [1.54, 1.807) is 13.2 Å². The third-order valence-corrected chi connectivity index (χ3v) is 6.05. The summed E-state index contributed by atoms with van der Waals surface area (Å²) in [5.74, 6) is 0.846. The monoisotopic (exact) mass is 418 g/mol. The Morgan fingerprint density at radius 3 is 2.58 bits per heavy atom. The SMILES string of the molecule is COc1ccc(-c2cccc3nn4c(C5CCN(C(=O)O)CC5)cc(=O)[nH]c4c23)cc1. The van der Waals surface area contributed by atoms with Gasteiger partial charge in [0.15, 0.2) is 0 Å². The van der Waals surface area contributed by atoms with Gasteiger partial charge in [0.05, 0.1) is 23.7 Å². The van der Waals surface area contributed by atoms with Crippen LogP contribution in [-0.2, 0) is 0 Å². The predicted molar refractivity (Wildman–Crippen MR) is 117 cm³/mol. The Hall–Kier alpha value is -3.81. The summed E-state index contributed by atoms with van der Waals surface area (Å²) >= 11 is 0. The van der Waals surface area contributed by atoms with Crippen LogP contribution in [0.3, 0.4) is 0 Å². The van der Waals surface area contributed by atoms with Crippen molar-refractivity contribution >= 4 is 22.6 Å². The van der Waals surface area contributed by atoms with Crippen LogP contribution < -0.4 is 10.3 Å². The largest absolute Gasteiger partial charge is 0.497 e. The van der Waals surface area contributed by atoms with Gasteiger partial charge in [-0.2, -0.15) is 5.10 Å². The van der Waals surface area contributed by atoms with Gasteiger partial charge >= 0.3 is 6.09 Å². The maximum absolute atomic E-state index is 12.6. The number of nitrogens with one attached hydrogen (secondary N) is 1. The number of piperidine rings is 1. The van der Waals surface area contributed by atoms with Crippen LogP contribution in [0.5, 0.6) is 5.75 Å². The molecule has 0 atom stereocenters. The minimum atomic E-state index is -0.900. The number of carboxylic acid groups (broad SMARTS) is 1. The Labute approximate surface area is 177 Å². The predicted octanol–water partition coefficient (Wildman–Crippen LogP) is 3.71. The molecule has 1 fully saturated rings. The topological polar surface area (TPSA) is 99.9 Å². The molecular formula is C23H22N4O4. The Bertz CT molecular complexity index is 1330. The van der Waals surface area contributed by atoms with Gasteiger partial charge in [0.25, 0.3) is 5.56 Å². The Kier molecular flexibility index (Phi) is 4.62. The first-order valence-corrected chi connectivity index (χ1v) is 10.2. The van der Waals surface area contributed by atoms with E-state index < -0.39 is 6.09 Å². The number of hydrogen-bond acceptors (Lipinski definition) is 4. The van der Waals surface area contributed by atoms with E-state index in [0.717, 1.165) is 33.5 Å². The summed E-state index contributed by atoms with van der Waals surface area (Å²) in [6, 6.07) is 15.3. The molecule has 0 bridgehead atoms. The van der Waals surface area contributed by atoms with Crippen LogP contribution in [0.1, 0.15) is 24.5 Å². The summed E-state index contributed by atoms with van der Waals surface area (Å²) in [5, 5.41) is 14.9. The van der Waals surface area contributed by atoms with Crippen molar-refractivity contribution in [3.05, 3.63) is 64.6 Å². The molecule has 31 heavy (non-hydrogen) atoms. The highest BCUT2D eigenvalue weighted by atomic mass is 16.5. The number of rotatable bonds is 3. The van der Waals surface area contributed by atoms with Gasteiger partial charge in [-0.25, -0.2) is 9.31 Å². The van der Waals surface area contributed by atoms with Crippen LogP contribution in [-0.4, -0.2) is 50.9 Å². The fourth-order valence-electron chi connectivity index (χ4n) is 4.45. The number of likely N-dealkylation sites (tertiary alicyclic amines) is 1. The zero-order chi connectivity index (χ0) is 21.5. The number of benzene rings is 2. The minimum Gasteiger partial charge on any atom is -0.497 e. The molecule has 8 heteroatoms. The molecular weight excluding hydrogens is 396 g/mol. The van der Waals surface area contributed by atoms with E-state index in [-0.39, 0.29) is 11.5 Å². The molecule has 2 aromatic carbocycles. The third kappa shape index (κ3) is 3.30. The molecule has 1 aliphatic heterocycles. The molecule has 0 unspecified atom stereocenters. The van der Waals surface area contributed by atoms with Gasteiger partial charge in [-0.05, 0) is 42.2 Å². The lowest BCUT2D eigenvalue weighted by Crippen LogP contribution is -2.37. The summed E-state index contributed by atoms with van der Waals surface area (Å²) in [7, 11) is 1.63. The van der Waals surface area contributed by atoms with Crippen LogP contribution in [0, 0.1) is 0 Å². The fraction of sp³-hybridized carbons (Fsp3) is 0.261. The lowest BCUT2D eigenvalue weighted by atomic mass is 9.93. The average Bonchev–Trinajstić information content (AvgIpc) is 3.17. The molecule has 3 heterocycles. The summed E-state index contributed by atoms with van der Waals surface area (Å²) in [5.41, 5.74) is 4.06. The Morgan fingerprint density at radius 1 is 1.16 bits per heavy atom. The molecule has 2 N–H and O–H groups in total. The lowest BCUT2D eigenvalue weighted by Gasteiger charge is -2.30. The number of nitrogens with zero attached hydrogens (tertiary/aromatic N) is 3. The van der Waals surface area contributed by atoms with Crippen LogP contribution in [0.25, 0.3) is 27.7 Å². The second kappa shape index (κ2) is 7.46. The molecule has 158 valence electrons. The number of carbonyl (C=O) groups is 1. The van der Waals surface area contributed by atoms with Crippen molar-refractivity contribution in [1.82, 2.24) is 19.5 Å². The zero-order valence-electron chi connectivity index (χ0n) is 17.0. The van der Waals surface area contributed by atoms with E-state index >= 15 is 0 Å². The second-order valence-electron chi connectivity index (χ2n) is 7.79. The highest BCUT2D eigenvalue weighted by Gasteiger charge is 2.26. The minimum absolute atomic E-state index is 0.0687. The van der Waals surface area contributed by atoms with Crippen molar-refractivity contribution in [2.45, 2.75) is 18.8 Å². The molecule has 5 rings (SSSR count). The second-order valence-corrected chi connectivity index (χ2v) is 7.79. The zero-order valence-corrected chi connectivity index (χ0v) is 17.0. The van der Waals surface area contributed by atoms with Crippen molar-refractivity contribution in [2.75, 3.05) is 20.2 Å². The normalized spacial score (nSPS) is 14.9. The van der Waals surface area contributed by atoms with Crippen molar-refractivity contribution < 1.29 is 14.6 Å². The number of H-pyrrole nitrogens is 1. The summed E-state index contributed by atoms with van der Waals surface area (Å²) in [6.07, 6.45) is 0.419. The molecule has 0 aliphatic carbocycles. The summed E-state index contributed by atoms with van der Waals surface area (Å²) in [4.78, 5) is 28.2. The molecule has 0 radical (unpaired) electrons. The number of aromatic nitrogens is 3. The van der Waals surface area contributed by atoms with Gasteiger partial charge in [0.2, 0.25) is 0 Å². The molecule has 1 amide bonds. The first-order valence-electron chi connectivity index (χ1n) is 10.2. The summed E-state index contributed by atoms with van der Waals surface area (Å²) in [6.45, 7) is 0.901. The maximum atomic E-state index is 12.6. The number of hydrogen-bond donors (Lipinski definition) is 2. The highest BCUT2D eigenvalue weighted by molar-refractivity contribution is 6.04. The number of aromatic amines is 1. The highest BCUT2D eigenvalue weighted by Crippen LogP contribution is 2.34. The van der Waals surface area contributed by atoms with Gasteiger partial charge < -0.3 is 19.7 Å². The van der Waals surface area contributed by atoms with Crippen molar-refractivity contribution in [1.29, 1.82) is 0 Å². The van der Waals surface area contributed by atoms with Crippen molar-refractivity contribution in [2.24, 2.45) is 0 Å². The maximum Gasteiger partial charge on any atom is 0.407 e. The van der Waals surface area contributed by atoms with E-state index in [9.17, 15) is 14.7 Å². The van der Waals surface area contributed by atoms with E-state index in [1.807, 2.05) is 47.0 Å². The van der Waals surface area contributed by atoms with E-state index in [2.05, 4.69) is 4.98 Å². The smallest absolute Gasteiger partial charge is 0.407 e. The van der Waals surface area contributed by atoms with Gasteiger partial charge in [-0.15, -0.1) is 0 Å². The third-order valence-electron chi connectivity index (χ3n) is 6.05. The van der Waals surface area contributed by atoms with Gasteiger partial charge in [0.1, 0.15) is 11.4 Å². The van der Waals surface area contributed by atoms with Crippen LogP contribution in [0.15, 0.2) is 53.3 Å². The molecule has 2 aromatic heterocycles. The molecule has 0 spiro atoms. The molecule has 1 aliphatic rings. The first kappa shape index (κ1) is 19.2. The summed E-state index contributed by atoms with van der Waals surface area (Å²) < 4.78 is 7.08. The van der Waals surface area contributed by atoms with E-state index in [1.165, 1.54) is 4.90 Å². The standard InChI is InChI=1S/C23H22N4O4/c1-31-16-7-5-14(6-8-16)17-3-2-4-18-21(17)22-24-20(28)13-19(27(22)25-18)15-9-11-26(12-10-15)23(29)30/h2-8,13,15H,9-12H2,1H3,(H,24,28)(H,29,30). The van der Waals surface area contributed by atoms with Crippen LogP contribution in [0.2, 0.25) is 0 Å². The average molecular weight is 418 g/mol. The number of ether oxygens (including phenoxy) is 1. The fourth-order valence-corrected chi connectivity index (χ4v) is 4.45. The number of methoxy groups -OCH3 is 1. The quantitative estimate of drug-likeness (QED) is 0.528. The van der Waals surface area contributed by atoms with Crippen molar-refractivity contribution in [3.63, 3.8) is 0 Å². The lowest BCUT2D eigenvalue weighted by molar-refractivity contribution is 0.131. The first-order chi connectivity index (χ1) is 15.0. The van der Waals surface area contributed by atoms with Gasteiger partial charge in [-0.3, -0.25) is 4.79 Å². The van der Waals surface area contributed by atoms with Gasteiger partial charge in [-0.1, -0.05) is 24.3 Å². The number of amides is 1. The van der Waals surface area contributed by atoms with Gasteiger partial charge in [0, 0.05) is 25.1 Å². The molecule has 4 aromatic rings. The van der Waals surface area contributed by atoms with E-state index in [4.69, 9.17) is 9.84 Å². The van der Waals surface area contributed by atoms with Crippen molar-refractivity contribution in [3.8, 4) is 16.9 Å². The van der Waals surface area contributed by atoms with Crippen LogP contribution in [0.4, 0.5) is 4.79 Å². The van der Waals surface area contributed by atoms with Crippen LogP contribution >= 0.6 is 0 Å². The molecule has 8 nitrogen and oxygen atoms in total. The Balaban J connectivity index is 1.65. The number of fused-ring (bicyclic) bond motifs is 3. The Morgan fingerprint density at radius 2 is 1.90 bits per heavy atom. The molecule has 1 saturated heterocycles. The molecule has 0 saturated carbocycles. The van der Waals surface area contributed by atoms with E-state index in [0.29, 0.717) is 31.6 Å².